The van der Waals surface area contributed by atoms with Crippen molar-refractivity contribution in [2.45, 2.75) is 19.3 Å². The van der Waals surface area contributed by atoms with Crippen molar-refractivity contribution in [2.75, 3.05) is 25.0 Å². The van der Waals surface area contributed by atoms with Gasteiger partial charge in [-0.05, 0) is 49.4 Å². The largest absolute Gasteiger partial charge is 0.352 e. The van der Waals surface area contributed by atoms with E-state index in [1.54, 1.807) is 17.0 Å². The van der Waals surface area contributed by atoms with Gasteiger partial charge < -0.3 is 15.5 Å². The van der Waals surface area contributed by atoms with Gasteiger partial charge in [0.05, 0.1) is 5.69 Å². The summed E-state index contributed by atoms with van der Waals surface area (Å²) in [5.41, 5.74) is 0.481. The van der Waals surface area contributed by atoms with Crippen LogP contribution in [0.2, 0.25) is 0 Å². The number of nitrogens with zero attached hydrogens (tertiary/aromatic N) is 1. The van der Waals surface area contributed by atoms with Crippen molar-refractivity contribution in [1.82, 2.24) is 10.2 Å². The number of urea groups is 1. The fourth-order valence-corrected chi connectivity index (χ4v) is 3.29. The fourth-order valence-electron chi connectivity index (χ4n) is 3.29. The molecule has 0 spiro atoms. The van der Waals surface area contributed by atoms with E-state index in [1.165, 1.54) is 0 Å². The average molecular weight is 387 g/mol. The number of likely N-dealkylation sites (tertiary alicyclic amines) is 1. The molecule has 0 aliphatic carbocycles. The predicted octanol–water partition coefficient (Wildman–Crippen LogP) is 4.03. The molecular weight excluding hydrogens is 364 g/mol. The highest BCUT2D eigenvalue weighted by atomic mass is 19.1. The first-order chi connectivity index (χ1) is 13.5. The Balaban J connectivity index is 1.40. The Morgan fingerprint density at radius 1 is 1.04 bits per heavy atom. The SMILES string of the molecule is O=C(NCCC1CCN(C(=O)Nc2cc(F)ccc2F)CC1)c1ccccc1. The number of carbonyl (C=O) groups is 2. The number of carbonyl (C=O) groups excluding carboxylic acids is 2. The molecule has 1 aliphatic rings. The van der Waals surface area contributed by atoms with E-state index in [1.807, 2.05) is 18.2 Å². The van der Waals surface area contributed by atoms with E-state index in [9.17, 15) is 18.4 Å². The lowest BCUT2D eigenvalue weighted by molar-refractivity contribution is 0.0949. The van der Waals surface area contributed by atoms with E-state index in [2.05, 4.69) is 10.6 Å². The van der Waals surface area contributed by atoms with E-state index in [0.717, 1.165) is 37.5 Å². The molecule has 28 heavy (non-hydrogen) atoms. The molecule has 0 unspecified atom stereocenters. The smallest absolute Gasteiger partial charge is 0.321 e. The van der Waals surface area contributed by atoms with Crippen LogP contribution in [0.5, 0.6) is 0 Å². The highest BCUT2D eigenvalue weighted by Crippen LogP contribution is 2.22. The average Bonchev–Trinajstić information content (AvgIpc) is 2.71. The second-order valence-corrected chi connectivity index (χ2v) is 6.90. The molecular formula is C21H23F2N3O2. The van der Waals surface area contributed by atoms with Crippen molar-refractivity contribution in [3.63, 3.8) is 0 Å². The number of hydrogen-bond donors (Lipinski definition) is 2. The van der Waals surface area contributed by atoms with Crippen LogP contribution < -0.4 is 10.6 Å². The molecule has 2 N–H and O–H groups in total. The Kier molecular flexibility index (Phi) is 6.57. The summed E-state index contributed by atoms with van der Waals surface area (Å²) in [6.45, 7) is 1.67. The fraction of sp³-hybridized carbons (Fsp3) is 0.333. The molecule has 2 aromatic carbocycles. The van der Waals surface area contributed by atoms with E-state index in [4.69, 9.17) is 0 Å². The topological polar surface area (TPSA) is 61.4 Å². The molecule has 148 valence electrons. The van der Waals surface area contributed by atoms with Gasteiger partial charge in [0.25, 0.3) is 5.91 Å². The Hall–Kier alpha value is -2.96. The summed E-state index contributed by atoms with van der Waals surface area (Å²) in [5, 5.41) is 5.34. The number of piperidine rings is 1. The summed E-state index contributed by atoms with van der Waals surface area (Å²) < 4.78 is 26.9. The number of halogens is 2. The normalized spacial score (nSPS) is 14.6. The molecule has 0 radical (unpaired) electrons. The molecule has 0 saturated carbocycles. The minimum atomic E-state index is -0.668. The maximum atomic E-state index is 13.7. The summed E-state index contributed by atoms with van der Waals surface area (Å²) in [6.07, 6.45) is 2.45. The molecule has 1 fully saturated rings. The summed E-state index contributed by atoms with van der Waals surface area (Å²) in [4.78, 5) is 25.9. The molecule has 5 nitrogen and oxygen atoms in total. The van der Waals surface area contributed by atoms with Crippen LogP contribution in [0.15, 0.2) is 48.5 Å². The van der Waals surface area contributed by atoms with Gasteiger partial charge in [0.1, 0.15) is 11.6 Å². The van der Waals surface area contributed by atoms with E-state index >= 15 is 0 Å². The summed E-state index contributed by atoms with van der Waals surface area (Å²) in [6, 6.07) is 11.6. The summed E-state index contributed by atoms with van der Waals surface area (Å²) in [5.74, 6) is -0.952. The number of nitrogens with one attached hydrogen (secondary N) is 2. The Bertz CT molecular complexity index is 822. The van der Waals surface area contributed by atoms with E-state index in [0.29, 0.717) is 31.1 Å². The van der Waals surface area contributed by atoms with Crippen molar-refractivity contribution in [2.24, 2.45) is 5.92 Å². The van der Waals surface area contributed by atoms with Gasteiger partial charge >= 0.3 is 6.03 Å². The molecule has 0 atom stereocenters. The standard InChI is InChI=1S/C21H23F2N3O2/c22-17-6-7-18(23)19(14-17)25-21(28)26-12-9-15(10-13-26)8-11-24-20(27)16-4-2-1-3-5-16/h1-7,14-15H,8-13H2,(H,24,27)(H,25,28). The van der Waals surface area contributed by atoms with E-state index < -0.39 is 17.7 Å². The molecule has 7 heteroatoms. The van der Waals surface area contributed by atoms with Crippen LogP contribution in [-0.2, 0) is 0 Å². The maximum absolute atomic E-state index is 13.7. The first-order valence-electron chi connectivity index (χ1n) is 9.37. The van der Waals surface area contributed by atoms with Crippen LogP contribution in [0, 0.1) is 17.6 Å². The van der Waals surface area contributed by atoms with Crippen molar-refractivity contribution in [1.29, 1.82) is 0 Å². The van der Waals surface area contributed by atoms with E-state index in [-0.39, 0.29) is 11.6 Å². The van der Waals surface area contributed by atoms with Gasteiger partial charge in [0, 0.05) is 31.3 Å². The van der Waals surface area contributed by atoms with Crippen molar-refractivity contribution in [3.8, 4) is 0 Å². The molecule has 3 rings (SSSR count). The minimum absolute atomic E-state index is 0.0884. The quantitative estimate of drug-likeness (QED) is 0.814. The molecule has 2 aromatic rings. The zero-order valence-electron chi connectivity index (χ0n) is 15.5. The van der Waals surface area contributed by atoms with Gasteiger partial charge in [-0.25, -0.2) is 13.6 Å². The molecule has 0 aromatic heterocycles. The van der Waals surface area contributed by atoms with Crippen molar-refractivity contribution >= 4 is 17.6 Å². The zero-order chi connectivity index (χ0) is 19.9. The van der Waals surface area contributed by atoms with Crippen LogP contribution in [0.25, 0.3) is 0 Å². The van der Waals surface area contributed by atoms with Gasteiger partial charge in [0.15, 0.2) is 0 Å². The second-order valence-electron chi connectivity index (χ2n) is 6.90. The van der Waals surface area contributed by atoms with Crippen LogP contribution in [-0.4, -0.2) is 36.5 Å². The molecule has 1 heterocycles. The number of hydrogen-bond acceptors (Lipinski definition) is 2. The molecule has 0 bridgehead atoms. The monoisotopic (exact) mass is 387 g/mol. The molecule has 1 saturated heterocycles. The number of benzene rings is 2. The summed E-state index contributed by atoms with van der Waals surface area (Å²) >= 11 is 0. The lowest BCUT2D eigenvalue weighted by Gasteiger charge is -2.32. The van der Waals surface area contributed by atoms with Gasteiger partial charge in [-0.15, -0.1) is 0 Å². The molecule has 3 amide bonds. The second kappa shape index (κ2) is 9.30. The van der Waals surface area contributed by atoms with Gasteiger partial charge in [-0.3, -0.25) is 4.79 Å². The lowest BCUT2D eigenvalue weighted by atomic mass is 9.93. The van der Waals surface area contributed by atoms with Gasteiger partial charge in [-0.1, -0.05) is 18.2 Å². The Morgan fingerprint density at radius 2 is 1.75 bits per heavy atom. The van der Waals surface area contributed by atoms with Crippen LogP contribution in [0.1, 0.15) is 29.6 Å². The van der Waals surface area contributed by atoms with Crippen LogP contribution in [0.4, 0.5) is 19.3 Å². The lowest BCUT2D eigenvalue weighted by Crippen LogP contribution is -2.41. The molecule has 1 aliphatic heterocycles. The number of amides is 3. The third-order valence-corrected chi connectivity index (χ3v) is 4.95. The Morgan fingerprint density at radius 3 is 2.46 bits per heavy atom. The van der Waals surface area contributed by atoms with Gasteiger partial charge in [-0.2, -0.15) is 0 Å². The third kappa shape index (κ3) is 5.28. The van der Waals surface area contributed by atoms with Crippen LogP contribution >= 0.6 is 0 Å². The maximum Gasteiger partial charge on any atom is 0.321 e. The Labute approximate surface area is 162 Å². The zero-order valence-corrected chi connectivity index (χ0v) is 15.5. The van der Waals surface area contributed by atoms with Crippen molar-refractivity contribution < 1.29 is 18.4 Å². The predicted molar refractivity (Wildman–Crippen MR) is 103 cm³/mol. The number of rotatable bonds is 5. The first-order valence-corrected chi connectivity index (χ1v) is 9.37. The minimum Gasteiger partial charge on any atom is -0.352 e. The third-order valence-electron chi connectivity index (χ3n) is 4.95. The highest BCUT2D eigenvalue weighted by molar-refractivity contribution is 5.94. The van der Waals surface area contributed by atoms with Gasteiger partial charge in [0.2, 0.25) is 0 Å². The highest BCUT2D eigenvalue weighted by Gasteiger charge is 2.23. The first kappa shape index (κ1) is 19.8. The van der Waals surface area contributed by atoms with Crippen molar-refractivity contribution in [3.05, 3.63) is 65.7 Å². The number of anilines is 1. The van der Waals surface area contributed by atoms with Crippen LogP contribution in [0.3, 0.4) is 0 Å². The summed E-state index contributed by atoms with van der Waals surface area (Å²) in [7, 11) is 0.